The lowest BCUT2D eigenvalue weighted by Gasteiger charge is -2.20. The third kappa shape index (κ3) is 10.9. The van der Waals surface area contributed by atoms with Gasteiger partial charge in [0.05, 0.1) is 0 Å². The van der Waals surface area contributed by atoms with Crippen LogP contribution in [0.25, 0.3) is 21.5 Å². The molecule has 0 radical (unpaired) electrons. The molecule has 3 N–H and O–H groups in total. The van der Waals surface area contributed by atoms with Crippen molar-refractivity contribution in [2.75, 3.05) is 90.1 Å². The molecule has 10 nitrogen and oxygen atoms in total. The molecule has 4 aromatic rings. The highest BCUT2D eigenvalue weighted by molar-refractivity contribution is 8.76. The van der Waals surface area contributed by atoms with Crippen molar-refractivity contribution in [2.45, 2.75) is 19.3 Å². The Balaban J connectivity index is 1.38. The maximum atomic E-state index is 13.7. The predicted molar refractivity (Wildman–Crippen MR) is 216 cm³/mol. The quantitative estimate of drug-likeness (QED) is 0.0527. The van der Waals surface area contributed by atoms with Crippen LogP contribution in [0.1, 0.15) is 49.5 Å². The second-order valence-corrected chi connectivity index (χ2v) is 15.6. The number of imide groups is 1. The van der Waals surface area contributed by atoms with Gasteiger partial charge in [0.25, 0.3) is 11.8 Å². The molecule has 0 fully saturated rings. The Kier molecular flexibility index (Phi) is 15.6. The Hall–Kier alpha value is -4.10. The molecule has 12 heteroatoms. The lowest BCUT2D eigenvalue weighted by atomic mass is 9.96. The van der Waals surface area contributed by atoms with Gasteiger partial charge in [-0.2, -0.15) is 0 Å². The molecule has 0 saturated heterocycles. The Bertz CT molecular complexity index is 1820. The zero-order valence-electron chi connectivity index (χ0n) is 30.3. The van der Waals surface area contributed by atoms with Gasteiger partial charge in [-0.15, -0.1) is 0 Å². The third-order valence-electron chi connectivity index (χ3n) is 8.58. The van der Waals surface area contributed by atoms with Crippen molar-refractivity contribution in [3.63, 3.8) is 0 Å². The van der Waals surface area contributed by atoms with Crippen LogP contribution < -0.4 is 16.0 Å². The number of nitrogens with one attached hydrogen (secondary N) is 3. The van der Waals surface area contributed by atoms with Gasteiger partial charge in [-0.05, 0) is 102 Å². The molecule has 3 amide bonds. The number of carbonyl (C=O) groups is 4. The topological polar surface area (TPSA) is 114 Å². The zero-order valence-corrected chi connectivity index (χ0v) is 31.9. The summed E-state index contributed by atoms with van der Waals surface area (Å²) in [7, 11) is 13.4. The number of amides is 3. The Labute approximate surface area is 309 Å². The van der Waals surface area contributed by atoms with Crippen LogP contribution in [0.3, 0.4) is 0 Å². The minimum atomic E-state index is -0.421. The van der Waals surface area contributed by atoms with E-state index in [4.69, 9.17) is 0 Å². The number of benzene rings is 4. The number of anilines is 2. The maximum Gasteiger partial charge on any atom is 0.258 e. The van der Waals surface area contributed by atoms with E-state index in [0.717, 1.165) is 96.3 Å². The molecule has 0 bridgehead atoms. The Morgan fingerprint density at radius 1 is 0.686 bits per heavy atom. The van der Waals surface area contributed by atoms with Gasteiger partial charge in [-0.25, -0.2) is 0 Å². The van der Waals surface area contributed by atoms with Crippen LogP contribution in [-0.4, -0.2) is 119 Å². The molecule has 0 aromatic heterocycles. The van der Waals surface area contributed by atoms with E-state index in [1.54, 1.807) is 51.7 Å². The number of aldehydes is 1. The number of hydrogen-bond donors (Lipinski definition) is 3. The summed E-state index contributed by atoms with van der Waals surface area (Å²) >= 11 is 0. The van der Waals surface area contributed by atoms with E-state index in [-0.39, 0.29) is 5.91 Å². The summed E-state index contributed by atoms with van der Waals surface area (Å²) in [4.78, 5) is 55.7. The monoisotopic (exact) mass is 730 g/mol. The van der Waals surface area contributed by atoms with Crippen LogP contribution >= 0.6 is 21.6 Å². The average Bonchev–Trinajstić information content (AvgIpc) is 3.12. The SMILES string of the molecule is CN(C)CCCNc1ccc(C=O)c2c(C(=O)N(C)CCSSCCc3cccc4c(NCCCN(C)C)ccc(C(=O)NC=O)c34)cccc12. The van der Waals surface area contributed by atoms with Gasteiger partial charge in [0.2, 0.25) is 6.41 Å². The van der Waals surface area contributed by atoms with Gasteiger partial charge in [0.15, 0.2) is 6.29 Å². The lowest BCUT2D eigenvalue weighted by Crippen LogP contribution is -2.29. The van der Waals surface area contributed by atoms with E-state index >= 15 is 0 Å². The zero-order chi connectivity index (χ0) is 36.8. The first-order chi connectivity index (χ1) is 24.7. The molecular formula is C39H50N6O4S2. The van der Waals surface area contributed by atoms with Crippen LogP contribution in [0.15, 0.2) is 60.7 Å². The van der Waals surface area contributed by atoms with Gasteiger partial charge >= 0.3 is 0 Å². The summed E-state index contributed by atoms with van der Waals surface area (Å²) in [6.07, 6.45) is 3.92. The molecule has 0 aliphatic heterocycles. The fourth-order valence-corrected chi connectivity index (χ4v) is 8.09. The number of rotatable bonds is 21. The molecule has 0 aliphatic rings. The molecule has 51 heavy (non-hydrogen) atoms. The van der Waals surface area contributed by atoms with Crippen molar-refractivity contribution >= 4 is 79.0 Å². The van der Waals surface area contributed by atoms with Gasteiger partial charge in [0, 0.05) is 82.4 Å². The van der Waals surface area contributed by atoms with Crippen molar-refractivity contribution < 1.29 is 19.2 Å². The second-order valence-electron chi connectivity index (χ2n) is 12.9. The molecule has 4 aromatic carbocycles. The Morgan fingerprint density at radius 3 is 1.92 bits per heavy atom. The highest BCUT2D eigenvalue weighted by Gasteiger charge is 2.19. The first kappa shape index (κ1) is 39.7. The Morgan fingerprint density at radius 2 is 1.29 bits per heavy atom. The number of nitrogens with zero attached hydrogens (tertiary/aromatic N) is 3. The van der Waals surface area contributed by atoms with E-state index in [0.29, 0.717) is 35.0 Å². The fourth-order valence-electron chi connectivity index (χ4n) is 6.02. The smallest absolute Gasteiger partial charge is 0.258 e. The number of aryl methyl sites for hydroxylation is 1. The van der Waals surface area contributed by atoms with Crippen LogP contribution in [-0.2, 0) is 11.2 Å². The molecule has 272 valence electrons. The summed E-state index contributed by atoms with van der Waals surface area (Å²) < 4.78 is 0. The van der Waals surface area contributed by atoms with Crippen LogP contribution in [0.4, 0.5) is 11.4 Å². The van der Waals surface area contributed by atoms with E-state index in [1.165, 1.54) is 0 Å². The van der Waals surface area contributed by atoms with E-state index in [2.05, 4.69) is 39.8 Å². The fraction of sp³-hybridized carbons (Fsp3) is 0.385. The van der Waals surface area contributed by atoms with E-state index in [1.807, 2.05) is 56.6 Å². The van der Waals surface area contributed by atoms with Crippen LogP contribution in [0.2, 0.25) is 0 Å². The molecule has 0 aliphatic carbocycles. The predicted octanol–water partition coefficient (Wildman–Crippen LogP) is 6.12. The summed E-state index contributed by atoms with van der Waals surface area (Å²) in [5, 5.41) is 12.6. The molecule has 0 unspecified atom stereocenters. The highest BCUT2D eigenvalue weighted by atomic mass is 33.1. The highest BCUT2D eigenvalue weighted by Crippen LogP contribution is 2.33. The van der Waals surface area contributed by atoms with Gasteiger partial charge < -0.3 is 25.3 Å². The standard InChI is InChI=1S/C39H50N6O4S2/c1-43(2)21-8-19-40-34-16-14-29(26-46)37-31(34)12-7-13-33(37)39(49)45(5)23-25-51-50-24-18-28-10-6-11-30-35(41-20-9-22-44(3)4)17-15-32(36(28)30)38(48)42-27-47/h6-7,10-17,26-27,40-41H,8-9,18-25H2,1-5H3,(H,42,47,48). The first-order valence-corrected chi connectivity index (χ1v) is 19.7. The van der Waals surface area contributed by atoms with Crippen LogP contribution in [0, 0.1) is 0 Å². The summed E-state index contributed by atoms with van der Waals surface area (Å²) in [6.45, 7) is 4.06. The molecule has 0 spiro atoms. The van der Waals surface area contributed by atoms with Crippen LogP contribution in [0.5, 0.6) is 0 Å². The number of fused-ring (bicyclic) bond motifs is 2. The minimum Gasteiger partial charge on any atom is -0.384 e. The van der Waals surface area contributed by atoms with Crippen molar-refractivity contribution in [1.82, 2.24) is 20.0 Å². The van der Waals surface area contributed by atoms with Crippen molar-refractivity contribution in [3.8, 4) is 0 Å². The van der Waals surface area contributed by atoms with Gasteiger partial charge in [0.1, 0.15) is 0 Å². The van der Waals surface area contributed by atoms with Crippen molar-refractivity contribution in [2.24, 2.45) is 0 Å². The van der Waals surface area contributed by atoms with Crippen molar-refractivity contribution in [1.29, 1.82) is 0 Å². The third-order valence-corrected chi connectivity index (χ3v) is 11.0. The molecule has 0 heterocycles. The second kappa shape index (κ2) is 20.1. The normalized spacial score (nSPS) is 11.3. The first-order valence-electron chi connectivity index (χ1n) is 17.2. The average molecular weight is 731 g/mol. The maximum absolute atomic E-state index is 13.7. The summed E-state index contributed by atoms with van der Waals surface area (Å²) in [6, 6.07) is 19.1. The van der Waals surface area contributed by atoms with Gasteiger partial charge in [-0.1, -0.05) is 51.9 Å². The number of carbonyl (C=O) groups excluding carboxylic acids is 4. The van der Waals surface area contributed by atoms with Crippen molar-refractivity contribution in [3.05, 3.63) is 82.9 Å². The summed E-state index contributed by atoms with van der Waals surface area (Å²) in [5.41, 5.74) is 4.40. The summed E-state index contributed by atoms with van der Waals surface area (Å²) in [5.74, 6) is 0.977. The molecule has 0 saturated carbocycles. The molecule has 4 rings (SSSR count). The van der Waals surface area contributed by atoms with E-state index < -0.39 is 5.91 Å². The van der Waals surface area contributed by atoms with Gasteiger partial charge in [-0.3, -0.25) is 24.5 Å². The van der Waals surface area contributed by atoms with E-state index in [9.17, 15) is 19.2 Å². The minimum absolute atomic E-state index is 0.123. The lowest BCUT2D eigenvalue weighted by molar-refractivity contribution is -0.108. The molecule has 0 atom stereocenters. The molecular weight excluding hydrogens is 681 g/mol. The largest absolute Gasteiger partial charge is 0.384 e. The number of hydrogen-bond acceptors (Lipinski definition) is 10.